The molecule has 0 bridgehead atoms. The zero-order valence-corrected chi connectivity index (χ0v) is 10.2. The van der Waals surface area contributed by atoms with Crippen LogP contribution in [0, 0.1) is 12.3 Å². The molecule has 0 fully saturated rings. The minimum atomic E-state index is 0.479. The molecule has 2 heterocycles. The summed E-state index contributed by atoms with van der Waals surface area (Å²) in [6, 6.07) is 5.77. The number of hydrogen-bond acceptors (Lipinski definition) is 2. The summed E-state index contributed by atoms with van der Waals surface area (Å²) in [6.07, 6.45) is 8.96. The third-order valence-electron chi connectivity index (χ3n) is 2.14. The predicted molar refractivity (Wildman–Crippen MR) is 66.9 cm³/mol. The summed E-state index contributed by atoms with van der Waals surface area (Å²) in [5, 5.41) is 5.16. The van der Waals surface area contributed by atoms with Gasteiger partial charge in [0.15, 0.2) is 0 Å². The molecule has 3 nitrogen and oxygen atoms in total. The highest BCUT2D eigenvalue weighted by Gasteiger charge is 2.10. The van der Waals surface area contributed by atoms with E-state index in [-0.39, 0.29) is 0 Å². The molecule has 0 amide bonds. The van der Waals surface area contributed by atoms with E-state index in [1.54, 1.807) is 10.9 Å². The maximum absolute atomic E-state index is 5.26. The number of halogens is 1. The van der Waals surface area contributed by atoms with Crippen molar-refractivity contribution in [2.24, 2.45) is 0 Å². The first-order valence-electron chi connectivity index (χ1n) is 4.82. The van der Waals surface area contributed by atoms with Crippen molar-refractivity contribution in [3.8, 4) is 23.7 Å². The number of alkyl halides is 1. The van der Waals surface area contributed by atoms with Crippen molar-refractivity contribution in [3.63, 3.8) is 0 Å². The Hall–Kier alpha value is -1.60. The number of hydrogen-bond donors (Lipinski definition) is 0. The maximum Gasteiger partial charge on any atom is 0.115 e. The lowest BCUT2D eigenvalue weighted by Crippen LogP contribution is -1.95. The Bertz CT molecular complexity index is 511. The molecule has 0 aromatic carbocycles. The Morgan fingerprint density at radius 1 is 1.44 bits per heavy atom. The van der Waals surface area contributed by atoms with E-state index in [9.17, 15) is 0 Å². The van der Waals surface area contributed by atoms with Crippen LogP contribution >= 0.6 is 15.9 Å². The molecule has 0 aliphatic rings. The first-order valence-corrected chi connectivity index (χ1v) is 5.94. The average Bonchev–Trinajstić information content (AvgIpc) is 2.74. The number of rotatable bonds is 3. The lowest BCUT2D eigenvalue weighted by atomic mass is 10.2. The van der Waals surface area contributed by atoms with Crippen LogP contribution in [0.15, 0.2) is 30.6 Å². The number of nitrogens with zero attached hydrogens (tertiary/aromatic N) is 3. The largest absolute Gasteiger partial charge is 0.260 e. The van der Waals surface area contributed by atoms with Crippen molar-refractivity contribution in [3.05, 3.63) is 36.2 Å². The number of aromatic nitrogens is 3. The fourth-order valence-electron chi connectivity index (χ4n) is 1.45. The number of pyridine rings is 1. The molecule has 0 radical (unpaired) electrons. The van der Waals surface area contributed by atoms with Crippen molar-refractivity contribution in [1.82, 2.24) is 14.8 Å². The molecule has 0 N–H and O–H groups in total. The smallest absolute Gasteiger partial charge is 0.115 e. The van der Waals surface area contributed by atoms with Crippen LogP contribution in [0.4, 0.5) is 0 Å². The summed E-state index contributed by atoms with van der Waals surface area (Å²) in [5.74, 6) is 2.56. The molecule has 0 saturated carbocycles. The molecule has 0 spiro atoms. The summed E-state index contributed by atoms with van der Waals surface area (Å²) in [4.78, 5) is 4.28. The van der Waals surface area contributed by atoms with Gasteiger partial charge in [0.2, 0.25) is 0 Å². The second kappa shape index (κ2) is 4.95. The standard InChI is InChI=1S/C12H10BrN3/c1-2-7-16-9-10(8-13)12(15-16)11-5-3-4-6-14-11/h1,3-6,9H,7-8H2. The van der Waals surface area contributed by atoms with Crippen LogP contribution in [-0.2, 0) is 11.9 Å². The molecule has 0 aliphatic heterocycles. The highest BCUT2D eigenvalue weighted by atomic mass is 79.9. The Labute approximate surface area is 103 Å². The number of terminal acetylenes is 1. The molecular formula is C12H10BrN3. The van der Waals surface area contributed by atoms with Gasteiger partial charge in [-0.1, -0.05) is 27.9 Å². The van der Waals surface area contributed by atoms with E-state index in [2.05, 4.69) is 31.9 Å². The van der Waals surface area contributed by atoms with Gasteiger partial charge in [0.1, 0.15) is 12.2 Å². The van der Waals surface area contributed by atoms with Gasteiger partial charge in [-0.3, -0.25) is 9.67 Å². The van der Waals surface area contributed by atoms with Crippen molar-refractivity contribution < 1.29 is 0 Å². The quantitative estimate of drug-likeness (QED) is 0.637. The summed E-state index contributed by atoms with van der Waals surface area (Å²) >= 11 is 3.44. The molecule has 0 saturated heterocycles. The zero-order valence-electron chi connectivity index (χ0n) is 8.60. The Kier molecular flexibility index (Phi) is 3.37. The van der Waals surface area contributed by atoms with E-state index >= 15 is 0 Å². The molecule has 0 atom stereocenters. The van der Waals surface area contributed by atoms with Gasteiger partial charge < -0.3 is 0 Å². The van der Waals surface area contributed by atoms with E-state index < -0.39 is 0 Å². The van der Waals surface area contributed by atoms with Crippen LogP contribution in [0.3, 0.4) is 0 Å². The van der Waals surface area contributed by atoms with Crippen molar-refractivity contribution in [2.45, 2.75) is 11.9 Å². The first kappa shape index (κ1) is 10.9. The maximum atomic E-state index is 5.26. The summed E-state index contributed by atoms with van der Waals surface area (Å²) in [7, 11) is 0. The van der Waals surface area contributed by atoms with Gasteiger partial charge in [-0.05, 0) is 12.1 Å². The molecule has 2 aromatic heterocycles. The molecule has 2 aromatic rings. The Morgan fingerprint density at radius 2 is 2.31 bits per heavy atom. The third kappa shape index (κ3) is 2.15. The summed E-state index contributed by atoms with van der Waals surface area (Å²) < 4.78 is 1.75. The highest BCUT2D eigenvalue weighted by Crippen LogP contribution is 2.21. The molecule has 0 aliphatic carbocycles. The molecule has 80 valence electrons. The normalized spacial score (nSPS) is 10.0. The van der Waals surface area contributed by atoms with E-state index in [1.807, 2.05) is 24.4 Å². The van der Waals surface area contributed by atoms with Gasteiger partial charge in [0.05, 0.1) is 5.69 Å². The monoisotopic (exact) mass is 275 g/mol. The molecule has 0 unspecified atom stereocenters. The predicted octanol–water partition coefficient (Wildman–Crippen LogP) is 2.47. The lowest BCUT2D eigenvalue weighted by molar-refractivity contribution is 0.717. The van der Waals surface area contributed by atoms with E-state index in [0.717, 1.165) is 22.3 Å². The fraction of sp³-hybridized carbons (Fsp3) is 0.167. The summed E-state index contributed by atoms with van der Waals surface area (Å²) in [5.41, 5.74) is 2.84. The minimum Gasteiger partial charge on any atom is -0.260 e. The van der Waals surface area contributed by atoms with Gasteiger partial charge in [0.25, 0.3) is 0 Å². The SMILES string of the molecule is C#CCn1cc(CBr)c(-c2ccccn2)n1. The molecule has 4 heteroatoms. The van der Waals surface area contributed by atoms with Crippen LogP contribution in [0.5, 0.6) is 0 Å². The van der Waals surface area contributed by atoms with Crippen LogP contribution < -0.4 is 0 Å². The first-order chi connectivity index (χ1) is 7.85. The van der Waals surface area contributed by atoms with Crippen LogP contribution in [0.25, 0.3) is 11.4 Å². The lowest BCUT2D eigenvalue weighted by Gasteiger charge is -1.97. The highest BCUT2D eigenvalue weighted by molar-refractivity contribution is 9.08. The van der Waals surface area contributed by atoms with Crippen LogP contribution in [-0.4, -0.2) is 14.8 Å². The second-order valence-corrected chi connectivity index (χ2v) is 3.81. The van der Waals surface area contributed by atoms with Gasteiger partial charge in [-0.15, -0.1) is 6.42 Å². The Balaban J connectivity index is 2.44. The van der Waals surface area contributed by atoms with Crippen molar-refractivity contribution >= 4 is 15.9 Å². The topological polar surface area (TPSA) is 30.7 Å². The zero-order chi connectivity index (χ0) is 11.4. The fourth-order valence-corrected chi connectivity index (χ4v) is 1.86. The van der Waals surface area contributed by atoms with Crippen LogP contribution in [0.2, 0.25) is 0 Å². The molecule has 16 heavy (non-hydrogen) atoms. The Morgan fingerprint density at radius 3 is 2.94 bits per heavy atom. The van der Waals surface area contributed by atoms with E-state index in [0.29, 0.717) is 6.54 Å². The minimum absolute atomic E-state index is 0.479. The molecular weight excluding hydrogens is 266 g/mol. The van der Waals surface area contributed by atoms with Crippen molar-refractivity contribution in [2.75, 3.05) is 0 Å². The van der Waals surface area contributed by atoms with Crippen molar-refractivity contribution in [1.29, 1.82) is 0 Å². The van der Waals surface area contributed by atoms with Crippen LogP contribution in [0.1, 0.15) is 5.56 Å². The van der Waals surface area contributed by atoms with E-state index in [1.165, 1.54) is 0 Å². The van der Waals surface area contributed by atoms with Gasteiger partial charge in [-0.2, -0.15) is 5.10 Å². The average molecular weight is 276 g/mol. The van der Waals surface area contributed by atoms with Gasteiger partial charge in [-0.25, -0.2) is 0 Å². The summed E-state index contributed by atoms with van der Waals surface area (Å²) in [6.45, 7) is 0.479. The van der Waals surface area contributed by atoms with Gasteiger partial charge in [0, 0.05) is 23.3 Å². The van der Waals surface area contributed by atoms with E-state index in [4.69, 9.17) is 6.42 Å². The molecule has 2 rings (SSSR count). The second-order valence-electron chi connectivity index (χ2n) is 3.25. The third-order valence-corrected chi connectivity index (χ3v) is 2.75. The van der Waals surface area contributed by atoms with Gasteiger partial charge >= 0.3 is 0 Å².